The highest BCUT2D eigenvalue weighted by Crippen LogP contribution is 2.57. The van der Waals surface area contributed by atoms with Crippen LogP contribution >= 0.6 is 7.14 Å². The quantitative estimate of drug-likeness (QED) is 0.615. The van der Waals surface area contributed by atoms with E-state index < -0.39 is 18.8 Å². The van der Waals surface area contributed by atoms with Gasteiger partial charge >= 0.3 is 5.97 Å². The van der Waals surface area contributed by atoms with Crippen molar-refractivity contribution in [1.29, 1.82) is 0 Å². The minimum atomic E-state index is -2.37. The van der Waals surface area contributed by atoms with Crippen LogP contribution in [0.4, 0.5) is 0 Å². The summed E-state index contributed by atoms with van der Waals surface area (Å²) < 4.78 is 11.6. The molecular weight excluding hydrogens is 163 g/mol. The van der Waals surface area contributed by atoms with Gasteiger partial charge in [-0.25, -0.2) is 0 Å². The summed E-state index contributed by atoms with van der Waals surface area (Å²) in [5.74, 6) is -0.802. The third-order valence-electron chi connectivity index (χ3n) is 2.41. The molecule has 1 heterocycles. The maximum absolute atomic E-state index is 11.6. The molecule has 0 saturated carbocycles. The number of hydrogen-bond acceptors (Lipinski definition) is 2. The van der Waals surface area contributed by atoms with Gasteiger partial charge in [-0.05, 0) is 19.0 Å². The molecular formula is C7H13O3P. The molecule has 3 atom stereocenters. The van der Waals surface area contributed by atoms with E-state index in [2.05, 4.69) is 0 Å². The summed E-state index contributed by atoms with van der Waals surface area (Å²) in [6.45, 7) is 3.47. The molecule has 0 amide bonds. The first-order chi connectivity index (χ1) is 4.95. The van der Waals surface area contributed by atoms with Crippen LogP contribution in [0, 0.1) is 5.92 Å². The highest BCUT2D eigenvalue weighted by Gasteiger charge is 2.43. The first-order valence-electron chi connectivity index (χ1n) is 3.74. The Morgan fingerprint density at radius 3 is 2.36 bits per heavy atom. The minimum Gasteiger partial charge on any atom is -0.481 e. The topological polar surface area (TPSA) is 54.4 Å². The lowest BCUT2D eigenvalue weighted by Gasteiger charge is -2.14. The summed E-state index contributed by atoms with van der Waals surface area (Å²) in [5.41, 5.74) is -0.581. The standard InChI is InChI=1S/C7H13O3P/c1-5-3-4-11(2,10)6(5)7(8)9/h5-6H,3-4H2,1-2H3,(H,8,9)/t5-,6+,11-/m0/s1. The summed E-state index contributed by atoms with van der Waals surface area (Å²) >= 11 is 0. The predicted molar refractivity (Wildman–Crippen MR) is 43.6 cm³/mol. The molecule has 3 nitrogen and oxygen atoms in total. The van der Waals surface area contributed by atoms with Gasteiger partial charge in [0.05, 0.1) is 7.14 Å². The monoisotopic (exact) mass is 176 g/mol. The minimum absolute atomic E-state index is 0.0864. The van der Waals surface area contributed by atoms with Crippen molar-refractivity contribution in [2.24, 2.45) is 5.92 Å². The van der Waals surface area contributed by atoms with E-state index in [-0.39, 0.29) is 5.92 Å². The van der Waals surface area contributed by atoms with Crippen LogP contribution in [0.25, 0.3) is 0 Å². The Balaban J connectivity index is 2.90. The number of aliphatic carboxylic acids is 1. The molecule has 1 N–H and O–H groups in total. The number of rotatable bonds is 1. The third kappa shape index (κ3) is 1.48. The van der Waals surface area contributed by atoms with E-state index in [0.29, 0.717) is 6.16 Å². The van der Waals surface area contributed by atoms with E-state index in [1.807, 2.05) is 6.92 Å². The number of carbonyl (C=O) groups is 1. The lowest BCUT2D eigenvalue weighted by molar-refractivity contribution is -0.137. The Morgan fingerprint density at radius 1 is 1.64 bits per heavy atom. The molecule has 64 valence electrons. The third-order valence-corrected chi connectivity index (χ3v) is 5.46. The highest BCUT2D eigenvalue weighted by atomic mass is 31.2. The zero-order valence-electron chi connectivity index (χ0n) is 6.78. The number of hydrogen-bond donors (Lipinski definition) is 1. The van der Waals surface area contributed by atoms with Crippen molar-refractivity contribution in [2.75, 3.05) is 12.8 Å². The average Bonchev–Trinajstić information content (AvgIpc) is 2.06. The number of carboxylic acids is 1. The molecule has 1 aliphatic rings. The maximum atomic E-state index is 11.6. The smallest absolute Gasteiger partial charge is 0.314 e. The molecule has 1 aliphatic heterocycles. The first-order valence-corrected chi connectivity index (χ1v) is 6.15. The molecule has 0 bridgehead atoms. The molecule has 0 spiro atoms. The second kappa shape index (κ2) is 2.63. The van der Waals surface area contributed by atoms with Crippen molar-refractivity contribution in [3.05, 3.63) is 0 Å². The molecule has 1 fully saturated rings. The molecule has 0 unspecified atom stereocenters. The van der Waals surface area contributed by atoms with Gasteiger partial charge in [0.2, 0.25) is 0 Å². The second-order valence-corrected chi connectivity index (χ2v) is 6.80. The molecule has 0 aromatic rings. The van der Waals surface area contributed by atoms with Gasteiger partial charge in [-0.3, -0.25) is 4.79 Å². The van der Waals surface area contributed by atoms with Crippen molar-refractivity contribution in [3.8, 4) is 0 Å². The highest BCUT2D eigenvalue weighted by molar-refractivity contribution is 7.65. The summed E-state index contributed by atoms with van der Waals surface area (Å²) in [6.07, 6.45) is 1.40. The van der Waals surface area contributed by atoms with Gasteiger partial charge in [0, 0.05) is 6.16 Å². The van der Waals surface area contributed by atoms with Gasteiger partial charge in [0.15, 0.2) is 0 Å². The molecule has 4 heteroatoms. The van der Waals surface area contributed by atoms with Crippen LogP contribution < -0.4 is 0 Å². The Morgan fingerprint density at radius 2 is 2.18 bits per heavy atom. The van der Waals surface area contributed by atoms with Crippen LogP contribution in [-0.2, 0) is 9.36 Å². The fraction of sp³-hybridized carbons (Fsp3) is 0.857. The van der Waals surface area contributed by atoms with Gasteiger partial charge in [-0.1, -0.05) is 6.92 Å². The molecule has 0 radical (unpaired) electrons. The summed E-state index contributed by atoms with van der Waals surface area (Å²) in [4.78, 5) is 10.7. The molecule has 1 saturated heterocycles. The molecule has 11 heavy (non-hydrogen) atoms. The Bertz CT molecular complexity index is 224. The van der Waals surface area contributed by atoms with E-state index in [9.17, 15) is 9.36 Å². The lowest BCUT2D eigenvalue weighted by Crippen LogP contribution is -2.22. The van der Waals surface area contributed by atoms with Crippen LogP contribution in [0.15, 0.2) is 0 Å². The fourth-order valence-electron chi connectivity index (χ4n) is 1.77. The van der Waals surface area contributed by atoms with Crippen molar-refractivity contribution in [2.45, 2.75) is 19.0 Å². The van der Waals surface area contributed by atoms with E-state index in [4.69, 9.17) is 5.11 Å². The zero-order chi connectivity index (χ0) is 8.65. The van der Waals surface area contributed by atoms with Crippen molar-refractivity contribution >= 4 is 13.1 Å². The van der Waals surface area contributed by atoms with Gasteiger partial charge in [-0.15, -0.1) is 0 Å². The first kappa shape index (κ1) is 8.79. The predicted octanol–water partition coefficient (Wildman–Crippen LogP) is 1.47. The van der Waals surface area contributed by atoms with Crippen molar-refractivity contribution in [3.63, 3.8) is 0 Å². The van der Waals surface area contributed by atoms with E-state index >= 15 is 0 Å². The molecule has 0 aromatic heterocycles. The van der Waals surface area contributed by atoms with Crippen molar-refractivity contribution < 1.29 is 14.5 Å². The van der Waals surface area contributed by atoms with Crippen LogP contribution in [0.1, 0.15) is 13.3 Å². The Hall–Kier alpha value is -0.300. The maximum Gasteiger partial charge on any atom is 0.314 e. The summed E-state index contributed by atoms with van der Waals surface area (Å²) in [6, 6.07) is 0. The van der Waals surface area contributed by atoms with Gasteiger partial charge in [-0.2, -0.15) is 0 Å². The molecule has 0 aliphatic carbocycles. The largest absolute Gasteiger partial charge is 0.481 e. The lowest BCUT2D eigenvalue weighted by atomic mass is 10.1. The summed E-state index contributed by atoms with van der Waals surface area (Å²) in [5, 5.41) is 8.75. The normalized spacial score (nSPS) is 44.2. The van der Waals surface area contributed by atoms with Gasteiger partial charge in [0.1, 0.15) is 5.66 Å². The van der Waals surface area contributed by atoms with E-state index in [0.717, 1.165) is 6.42 Å². The van der Waals surface area contributed by atoms with E-state index in [1.165, 1.54) is 0 Å². The van der Waals surface area contributed by atoms with Crippen LogP contribution in [-0.4, -0.2) is 29.6 Å². The van der Waals surface area contributed by atoms with Gasteiger partial charge in [0.25, 0.3) is 0 Å². The van der Waals surface area contributed by atoms with Crippen LogP contribution in [0.3, 0.4) is 0 Å². The molecule has 1 rings (SSSR count). The Labute approximate surface area is 66.2 Å². The van der Waals surface area contributed by atoms with Crippen molar-refractivity contribution in [1.82, 2.24) is 0 Å². The fourth-order valence-corrected chi connectivity index (χ4v) is 4.66. The summed E-state index contributed by atoms with van der Waals surface area (Å²) in [7, 11) is -2.37. The van der Waals surface area contributed by atoms with Gasteiger partial charge < -0.3 is 9.67 Å². The number of carboxylic acid groups (broad SMARTS) is 1. The average molecular weight is 176 g/mol. The van der Waals surface area contributed by atoms with Crippen LogP contribution in [0.5, 0.6) is 0 Å². The Kier molecular flexibility index (Phi) is 2.10. The zero-order valence-corrected chi connectivity index (χ0v) is 7.67. The molecule has 0 aromatic carbocycles. The SMILES string of the molecule is C[C@H]1CC[P@](C)(=O)[C@H]1C(=O)O. The van der Waals surface area contributed by atoms with Crippen LogP contribution in [0.2, 0.25) is 0 Å². The van der Waals surface area contributed by atoms with E-state index in [1.54, 1.807) is 6.66 Å². The second-order valence-electron chi connectivity index (χ2n) is 3.45.